The molecule has 0 atom stereocenters. The lowest BCUT2D eigenvalue weighted by molar-refractivity contribution is -0.384. The second-order valence-corrected chi connectivity index (χ2v) is 5.58. The number of imidazole rings is 1. The summed E-state index contributed by atoms with van der Waals surface area (Å²) >= 11 is 0. The van der Waals surface area contributed by atoms with Gasteiger partial charge in [0.2, 0.25) is 11.6 Å². The van der Waals surface area contributed by atoms with E-state index in [1.807, 2.05) is 6.07 Å². The average Bonchev–Trinajstić information content (AvgIpc) is 3.16. The number of hydrogen-bond donors (Lipinski definition) is 2. The van der Waals surface area contributed by atoms with E-state index in [1.165, 1.54) is 23.3 Å². The van der Waals surface area contributed by atoms with E-state index < -0.39 is 16.5 Å². The Hall–Kier alpha value is -4.41. The molecule has 138 valence electrons. The number of pyridine rings is 1. The first-order valence-corrected chi connectivity index (χ1v) is 8.03. The molecule has 1 aromatic carbocycles. The van der Waals surface area contributed by atoms with Gasteiger partial charge in [-0.05, 0) is 24.3 Å². The standard InChI is InChI=1S/C17H12N8O3/c26-17(11-4-3-7-18-8-11)23-22-15-14(25(27)28)16(20-9-19-15)24-10-21-12-5-1-2-6-13(12)24/h1-10H,(H,23,26)(H,19,20,22). The van der Waals surface area contributed by atoms with Gasteiger partial charge in [-0.15, -0.1) is 0 Å². The Kier molecular flexibility index (Phi) is 4.30. The first-order chi connectivity index (χ1) is 13.6. The molecule has 0 saturated carbocycles. The molecule has 0 bridgehead atoms. The van der Waals surface area contributed by atoms with Gasteiger partial charge in [0.15, 0.2) is 0 Å². The highest BCUT2D eigenvalue weighted by molar-refractivity contribution is 5.94. The third-order valence-corrected chi connectivity index (χ3v) is 3.89. The lowest BCUT2D eigenvalue weighted by atomic mass is 10.3. The van der Waals surface area contributed by atoms with Crippen LogP contribution in [0.4, 0.5) is 11.5 Å². The SMILES string of the molecule is O=C(NNc1ncnc(-n2cnc3ccccc32)c1[N+](=O)[O-])c1cccnc1. The fraction of sp³-hybridized carbons (Fsp3) is 0. The number of fused-ring (bicyclic) bond motifs is 1. The van der Waals surface area contributed by atoms with Crippen LogP contribution in [-0.2, 0) is 0 Å². The first-order valence-electron chi connectivity index (χ1n) is 8.03. The van der Waals surface area contributed by atoms with E-state index in [0.717, 1.165) is 6.33 Å². The van der Waals surface area contributed by atoms with Crippen LogP contribution in [-0.4, -0.2) is 35.3 Å². The van der Waals surface area contributed by atoms with Crippen molar-refractivity contribution in [2.45, 2.75) is 0 Å². The van der Waals surface area contributed by atoms with Crippen molar-refractivity contribution in [3.63, 3.8) is 0 Å². The number of nitro groups is 1. The molecule has 2 N–H and O–H groups in total. The minimum absolute atomic E-state index is 0.0202. The monoisotopic (exact) mass is 376 g/mol. The van der Waals surface area contributed by atoms with Crippen LogP contribution < -0.4 is 10.9 Å². The lowest BCUT2D eigenvalue weighted by Crippen LogP contribution is -2.30. The van der Waals surface area contributed by atoms with Gasteiger partial charge in [0.1, 0.15) is 12.7 Å². The Balaban J connectivity index is 1.70. The summed E-state index contributed by atoms with van der Waals surface area (Å²) in [6.45, 7) is 0. The van der Waals surface area contributed by atoms with Gasteiger partial charge in [0, 0.05) is 12.4 Å². The fourth-order valence-electron chi connectivity index (χ4n) is 2.62. The van der Waals surface area contributed by atoms with Crippen LogP contribution >= 0.6 is 0 Å². The largest absolute Gasteiger partial charge is 0.355 e. The van der Waals surface area contributed by atoms with Crippen LogP contribution in [0.2, 0.25) is 0 Å². The number of carbonyl (C=O) groups is 1. The molecule has 11 nitrogen and oxygen atoms in total. The molecule has 11 heteroatoms. The van der Waals surface area contributed by atoms with Gasteiger partial charge < -0.3 is 0 Å². The Bertz CT molecular complexity index is 1180. The van der Waals surface area contributed by atoms with Gasteiger partial charge in [0.05, 0.1) is 21.5 Å². The van der Waals surface area contributed by atoms with Crippen molar-refractivity contribution in [1.29, 1.82) is 0 Å². The zero-order valence-corrected chi connectivity index (χ0v) is 14.2. The molecule has 3 heterocycles. The number of anilines is 1. The Morgan fingerprint density at radius 2 is 1.96 bits per heavy atom. The van der Waals surface area contributed by atoms with Crippen molar-refractivity contribution < 1.29 is 9.72 Å². The predicted octanol–water partition coefficient (Wildman–Crippen LogP) is 1.88. The molecule has 4 aromatic rings. The van der Waals surface area contributed by atoms with Crippen LogP contribution in [0.3, 0.4) is 0 Å². The number of benzene rings is 1. The predicted molar refractivity (Wildman–Crippen MR) is 98.6 cm³/mol. The molecular weight excluding hydrogens is 364 g/mol. The van der Waals surface area contributed by atoms with E-state index in [9.17, 15) is 14.9 Å². The number of aromatic nitrogens is 5. The number of hydrogen-bond acceptors (Lipinski definition) is 8. The molecule has 4 rings (SSSR count). The summed E-state index contributed by atoms with van der Waals surface area (Å²) in [5, 5.41) is 11.7. The molecule has 3 aromatic heterocycles. The summed E-state index contributed by atoms with van der Waals surface area (Å²) in [5.41, 5.74) is 6.05. The highest BCUT2D eigenvalue weighted by Crippen LogP contribution is 2.29. The summed E-state index contributed by atoms with van der Waals surface area (Å²) in [7, 11) is 0. The Morgan fingerprint density at radius 3 is 2.75 bits per heavy atom. The van der Waals surface area contributed by atoms with Crippen molar-refractivity contribution in [2.24, 2.45) is 0 Å². The maximum atomic E-state index is 12.1. The van der Waals surface area contributed by atoms with E-state index >= 15 is 0 Å². The smallest absolute Gasteiger partial charge is 0.277 e. The molecule has 0 radical (unpaired) electrons. The second kappa shape index (κ2) is 7.07. The number of amides is 1. The van der Waals surface area contributed by atoms with E-state index in [1.54, 1.807) is 30.3 Å². The van der Waals surface area contributed by atoms with Crippen molar-refractivity contribution >= 4 is 28.4 Å². The van der Waals surface area contributed by atoms with Crippen molar-refractivity contribution in [2.75, 3.05) is 5.43 Å². The maximum absolute atomic E-state index is 12.1. The number of hydrazine groups is 1. The number of rotatable bonds is 5. The van der Waals surface area contributed by atoms with Crippen molar-refractivity contribution in [3.8, 4) is 5.82 Å². The van der Waals surface area contributed by atoms with E-state index in [4.69, 9.17) is 0 Å². The van der Waals surface area contributed by atoms with Crippen LogP contribution in [0.25, 0.3) is 16.9 Å². The maximum Gasteiger partial charge on any atom is 0.355 e. The van der Waals surface area contributed by atoms with Gasteiger partial charge in [-0.1, -0.05) is 12.1 Å². The molecule has 28 heavy (non-hydrogen) atoms. The highest BCUT2D eigenvalue weighted by atomic mass is 16.6. The van der Waals surface area contributed by atoms with Crippen molar-refractivity contribution in [3.05, 3.63) is 77.1 Å². The van der Waals surface area contributed by atoms with Gasteiger partial charge in [0.25, 0.3) is 5.91 Å². The average molecular weight is 376 g/mol. The van der Waals surface area contributed by atoms with Crippen LogP contribution in [0.15, 0.2) is 61.4 Å². The normalized spacial score (nSPS) is 10.6. The van der Waals surface area contributed by atoms with Gasteiger partial charge in [-0.2, -0.15) is 0 Å². The number of para-hydroxylation sites is 2. The quantitative estimate of drug-likeness (QED) is 0.397. The minimum Gasteiger partial charge on any atom is -0.277 e. The third-order valence-electron chi connectivity index (χ3n) is 3.89. The molecular formula is C17H12N8O3. The molecule has 0 aliphatic rings. The topological polar surface area (TPSA) is 141 Å². The molecule has 0 spiro atoms. The first kappa shape index (κ1) is 17.0. The third kappa shape index (κ3) is 3.07. The molecule has 0 fully saturated rings. The second-order valence-electron chi connectivity index (χ2n) is 5.58. The van der Waals surface area contributed by atoms with E-state index in [2.05, 4.69) is 30.8 Å². The molecule has 0 saturated heterocycles. The highest BCUT2D eigenvalue weighted by Gasteiger charge is 2.25. The van der Waals surface area contributed by atoms with Crippen molar-refractivity contribution in [1.82, 2.24) is 29.9 Å². The van der Waals surface area contributed by atoms with Gasteiger partial charge in [-0.3, -0.25) is 35.3 Å². The molecule has 0 unspecified atom stereocenters. The number of nitrogens with one attached hydrogen (secondary N) is 2. The minimum atomic E-state index is -0.622. The summed E-state index contributed by atoms with van der Waals surface area (Å²) in [6.07, 6.45) is 5.50. The Labute approximate surface area is 157 Å². The van der Waals surface area contributed by atoms with Gasteiger partial charge >= 0.3 is 5.69 Å². The molecule has 0 aliphatic carbocycles. The number of nitrogens with zero attached hydrogens (tertiary/aromatic N) is 6. The molecule has 1 amide bonds. The number of carbonyl (C=O) groups excluding carboxylic acids is 1. The summed E-state index contributed by atoms with van der Waals surface area (Å²) in [6, 6.07) is 10.3. The van der Waals surface area contributed by atoms with Crippen LogP contribution in [0.5, 0.6) is 0 Å². The lowest BCUT2D eigenvalue weighted by Gasteiger charge is -2.10. The zero-order chi connectivity index (χ0) is 19.5. The fourth-order valence-corrected chi connectivity index (χ4v) is 2.62. The summed E-state index contributed by atoms with van der Waals surface area (Å²) < 4.78 is 1.49. The van der Waals surface area contributed by atoms with E-state index in [0.29, 0.717) is 11.0 Å². The van der Waals surface area contributed by atoms with E-state index in [-0.39, 0.29) is 17.2 Å². The molecule has 0 aliphatic heterocycles. The van der Waals surface area contributed by atoms with Crippen LogP contribution in [0.1, 0.15) is 10.4 Å². The Morgan fingerprint density at radius 1 is 1.11 bits per heavy atom. The summed E-state index contributed by atoms with van der Waals surface area (Å²) in [4.78, 5) is 39.2. The zero-order valence-electron chi connectivity index (χ0n) is 14.2. The van der Waals surface area contributed by atoms with Gasteiger partial charge in [-0.25, -0.2) is 15.0 Å². The summed E-state index contributed by atoms with van der Waals surface area (Å²) in [5.74, 6) is -0.660. The van der Waals surface area contributed by atoms with Crippen LogP contribution in [0, 0.1) is 10.1 Å².